The predicted molar refractivity (Wildman–Crippen MR) is 97.3 cm³/mol. The molecule has 8 heteroatoms. The molecule has 0 aliphatic heterocycles. The Labute approximate surface area is 148 Å². The summed E-state index contributed by atoms with van der Waals surface area (Å²) >= 11 is 0. The number of sulfonamides is 1. The van der Waals surface area contributed by atoms with Gasteiger partial charge in [0.2, 0.25) is 15.9 Å². The van der Waals surface area contributed by atoms with Crippen molar-refractivity contribution < 1.29 is 17.6 Å². The molecule has 0 aliphatic carbocycles. The lowest BCUT2D eigenvalue weighted by Gasteiger charge is -2.20. The van der Waals surface area contributed by atoms with Crippen molar-refractivity contribution in [1.82, 2.24) is 4.31 Å². The number of carbonyl (C=O) groups excluding carboxylic acids is 1. The molecule has 0 saturated carbocycles. The molecule has 2 rings (SSSR count). The molecule has 1 heterocycles. The van der Waals surface area contributed by atoms with E-state index < -0.39 is 10.0 Å². The van der Waals surface area contributed by atoms with E-state index in [4.69, 9.17) is 4.42 Å². The molecule has 0 aliphatic rings. The van der Waals surface area contributed by atoms with Crippen molar-refractivity contribution in [2.24, 2.45) is 0 Å². The first-order valence-corrected chi connectivity index (χ1v) is 9.22. The fourth-order valence-electron chi connectivity index (χ4n) is 2.28. The molecule has 2 aromatic rings. The van der Waals surface area contributed by atoms with E-state index in [0.717, 1.165) is 15.8 Å². The average molecular weight is 365 g/mol. The molecule has 25 heavy (non-hydrogen) atoms. The highest BCUT2D eigenvalue weighted by Gasteiger charge is 2.20. The summed E-state index contributed by atoms with van der Waals surface area (Å²) in [5.41, 5.74) is 1.18. The molecule has 1 amide bonds. The maximum atomic E-state index is 12.3. The Kier molecular flexibility index (Phi) is 5.86. The van der Waals surface area contributed by atoms with Crippen LogP contribution in [0.3, 0.4) is 0 Å². The number of benzene rings is 1. The molecule has 136 valence electrons. The summed E-state index contributed by atoms with van der Waals surface area (Å²) in [5.74, 6) is 0.519. The van der Waals surface area contributed by atoms with Crippen LogP contribution in [-0.2, 0) is 21.2 Å². The molecule has 1 aromatic carbocycles. The summed E-state index contributed by atoms with van der Waals surface area (Å²) < 4.78 is 31.0. The van der Waals surface area contributed by atoms with Crippen molar-refractivity contribution in [2.75, 3.05) is 38.4 Å². The minimum Gasteiger partial charge on any atom is -0.469 e. The van der Waals surface area contributed by atoms with Crippen LogP contribution in [0.5, 0.6) is 0 Å². The van der Waals surface area contributed by atoms with Crippen molar-refractivity contribution in [3.63, 3.8) is 0 Å². The van der Waals surface area contributed by atoms with Gasteiger partial charge in [0.05, 0.1) is 22.5 Å². The highest BCUT2D eigenvalue weighted by Crippen LogP contribution is 2.28. The highest BCUT2D eigenvalue weighted by molar-refractivity contribution is 7.89. The van der Waals surface area contributed by atoms with E-state index in [1.165, 1.54) is 26.2 Å². The van der Waals surface area contributed by atoms with Crippen LogP contribution < -0.4 is 10.2 Å². The third kappa shape index (κ3) is 4.61. The summed E-state index contributed by atoms with van der Waals surface area (Å²) in [5, 5.41) is 2.80. The first-order valence-electron chi connectivity index (χ1n) is 7.78. The van der Waals surface area contributed by atoms with Gasteiger partial charge < -0.3 is 14.6 Å². The zero-order valence-corrected chi connectivity index (χ0v) is 15.6. The number of furan rings is 1. The van der Waals surface area contributed by atoms with Crippen molar-refractivity contribution >= 4 is 27.3 Å². The number of nitrogens with one attached hydrogen (secondary N) is 1. The zero-order valence-electron chi connectivity index (χ0n) is 14.8. The number of rotatable bonds is 7. The second-order valence-corrected chi connectivity index (χ2v) is 8.14. The molecule has 0 radical (unpaired) electrons. The third-order valence-electron chi connectivity index (χ3n) is 3.68. The van der Waals surface area contributed by atoms with Crippen LogP contribution in [0.4, 0.5) is 11.4 Å². The molecule has 0 saturated heterocycles. The van der Waals surface area contributed by atoms with E-state index in [0.29, 0.717) is 12.1 Å². The highest BCUT2D eigenvalue weighted by atomic mass is 32.2. The lowest BCUT2D eigenvalue weighted by molar-refractivity contribution is -0.116. The van der Waals surface area contributed by atoms with Crippen molar-refractivity contribution in [1.29, 1.82) is 0 Å². The standard InChI is InChI=1S/C17H23N3O4S/c1-19(2)16-9-8-14(25(22,23)20(3)4)12-15(16)18-17(21)10-7-13-6-5-11-24-13/h5-6,8-9,11-12H,7,10H2,1-4H3,(H,18,21). The Bertz CT molecular complexity index is 828. The van der Waals surface area contributed by atoms with Gasteiger partial charge >= 0.3 is 0 Å². The Balaban J connectivity index is 2.23. The SMILES string of the molecule is CN(C)c1ccc(S(=O)(=O)N(C)C)cc1NC(=O)CCc1ccco1. The summed E-state index contributed by atoms with van der Waals surface area (Å²) in [4.78, 5) is 14.2. The molecule has 0 atom stereocenters. The second-order valence-electron chi connectivity index (χ2n) is 5.99. The van der Waals surface area contributed by atoms with Crippen LogP contribution >= 0.6 is 0 Å². The molecule has 0 fully saturated rings. The summed E-state index contributed by atoms with van der Waals surface area (Å²) in [7, 11) is 3.02. The minimum absolute atomic E-state index is 0.129. The molecular formula is C17H23N3O4S. The lowest BCUT2D eigenvalue weighted by atomic mass is 10.2. The Morgan fingerprint density at radius 1 is 1.16 bits per heavy atom. The summed E-state index contributed by atoms with van der Waals surface area (Å²) in [6.07, 6.45) is 2.28. The Morgan fingerprint density at radius 3 is 2.44 bits per heavy atom. The molecule has 7 nitrogen and oxygen atoms in total. The largest absolute Gasteiger partial charge is 0.469 e. The van der Waals surface area contributed by atoms with Crippen molar-refractivity contribution in [2.45, 2.75) is 17.7 Å². The number of nitrogens with zero attached hydrogens (tertiary/aromatic N) is 2. The predicted octanol–water partition coefficient (Wildman–Crippen LogP) is 2.17. The Morgan fingerprint density at radius 2 is 1.88 bits per heavy atom. The fourth-order valence-corrected chi connectivity index (χ4v) is 3.21. The lowest BCUT2D eigenvalue weighted by Crippen LogP contribution is -2.23. The molecule has 0 bridgehead atoms. The van der Waals surface area contributed by atoms with Crippen molar-refractivity contribution in [3.05, 3.63) is 42.4 Å². The van der Waals surface area contributed by atoms with Crippen LogP contribution in [0.2, 0.25) is 0 Å². The van der Waals surface area contributed by atoms with Gasteiger partial charge in [0.25, 0.3) is 0 Å². The van der Waals surface area contributed by atoms with Crippen LogP contribution in [-0.4, -0.2) is 46.8 Å². The van der Waals surface area contributed by atoms with Gasteiger partial charge in [0.1, 0.15) is 5.76 Å². The van der Waals surface area contributed by atoms with Gasteiger partial charge in [0.15, 0.2) is 0 Å². The third-order valence-corrected chi connectivity index (χ3v) is 5.49. The van der Waals surface area contributed by atoms with E-state index in [1.807, 2.05) is 25.1 Å². The first kappa shape index (κ1) is 19.0. The van der Waals surface area contributed by atoms with Crippen LogP contribution in [0.1, 0.15) is 12.2 Å². The topological polar surface area (TPSA) is 82.9 Å². The van der Waals surface area contributed by atoms with E-state index in [2.05, 4.69) is 5.32 Å². The van der Waals surface area contributed by atoms with Crippen LogP contribution in [0.25, 0.3) is 0 Å². The van der Waals surface area contributed by atoms with Gasteiger partial charge in [-0.2, -0.15) is 0 Å². The van der Waals surface area contributed by atoms with E-state index >= 15 is 0 Å². The van der Waals surface area contributed by atoms with Gasteiger partial charge in [-0.25, -0.2) is 12.7 Å². The normalized spacial score (nSPS) is 11.6. The van der Waals surface area contributed by atoms with Gasteiger partial charge in [-0.1, -0.05) is 0 Å². The molecule has 1 N–H and O–H groups in total. The zero-order chi connectivity index (χ0) is 18.6. The number of hydrogen-bond acceptors (Lipinski definition) is 5. The monoisotopic (exact) mass is 365 g/mol. The second kappa shape index (κ2) is 7.71. The van der Waals surface area contributed by atoms with Gasteiger partial charge in [-0.05, 0) is 30.3 Å². The van der Waals surface area contributed by atoms with Crippen LogP contribution in [0.15, 0.2) is 45.9 Å². The van der Waals surface area contributed by atoms with E-state index in [1.54, 1.807) is 18.4 Å². The average Bonchev–Trinajstić information content (AvgIpc) is 3.05. The maximum absolute atomic E-state index is 12.3. The number of amides is 1. The smallest absolute Gasteiger partial charge is 0.242 e. The molecule has 1 aromatic heterocycles. The number of aryl methyl sites for hydroxylation is 1. The fraction of sp³-hybridized carbons (Fsp3) is 0.353. The number of hydrogen-bond donors (Lipinski definition) is 1. The minimum atomic E-state index is -3.58. The van der Waals surface area contributed by atoms with E-state index in [-0.39, 0.29) is 17.2 Å². The molecular weight excluding hydrogens is 342 g/mol. The molecule has 0 spiro atoms. The van der Waals surface area contributed by atoms with Crippen molar-refractivity contribution in [3.8, 4) is 0 Å². The maximum Gasteiger partial charge on any atom is 0.242 e. The Hall–Kier alpha value is -2.32. The summed E-state index contributed by atoms with van der Waals surface area (Å²) in [6.45, 7) is 0. The van der Waals surface area contributed by atoms with Crippen LogP contribution in [0, 0.1) is 0 Å². The quantitative estimate of drug-likeness (QED) is 0.813. The van der Waals surface area contributed by atoms with Gasteiger partial charge in [-0.3, -0.25) is 4.79 Å². The molecule has 0 unspecified atom stereocenters. The van der Waals surface area contributed by atoms with Gasteiger partial charge in [0, 0.05) is 41.0 Å². The number of anilines is 2. The summed E-state index contributed by atoms with van der Waals surface area (Å²) in [6, 6.07) is 8.27. The number of carbonyl (C=O) groups is 1. The van der Waals surface area contributed by atoms with Gasteiger partial charge in [-0.15, -0.1) is 0 Å². The van der Waals surface area contributed by atoms with E-state index in [9.17, 15) is 13.2 Å². The first-order chi connectivity index (χ1) is 11.7.